The summed E-state index contributed by atoms with van der Waals surface area (Å²) in [6, 6.07) is 3.16. The Morgan fingerprint density at radius 2 is 2.10 bits per heavy atom. The van der Waals surface area contributed by atoms with Gasteiger partial charge in [0, 0.05) is 22.6 Å². The van der Waals surface area contributed by atoms with Crippen LogP contribution < -0.4 is 5.32 Å². The van der Waals surface area contributed by atoms with Crippen LogP contribution in [0.5, 0.6) is 0 Å². The van der Waals surface area contributed by atoms with E-state index >= 15 is 0 Å². The molecule has 1 aliphatic rings. The number of nitrogens with zero attached hydrogens (tertiary/aromatic N) is 4. The summed E-state index contributed by atoms with van der Waals surface area (Å²) in [6.07, 6.45) is -2.19. The lowest BCUT2D eigenvalue weighted by atomic mass is 9.97. The predicted molar refractivity (Wildman–Crippen MR) is 106 cm³/mol. The largest absolute Gasteiger partial charge is 0.471 e. The zero-order chi connectivity index (χ0) is 22.0. The molecule has 0 spiro atoms. The number of hydrazine groups is 1. The van der Waals surface area contributed by atoms with E-state index in [-0.39, 0.29) is 20.5 Å². The highest BCUT2D eigenvalue weighted by Crippen LogP contribution is 2.28. The van der Waals surface area contributed by atoms with Gasteiger partial charge in [0.25, 0.3) is 10.0 Å². The number of hydrazone groups is 1. The zero-order valence-electron chi connectivity index (χ0n) is 15.7. The van der Waals surface area contributed by atoms with E-state index in [1.165, 1.54) is 5.01 Å². The first kappa shape index (κ1) is 23.1. The van der Waals surface area contributed by atoms with Gasteiger partial charge in [0.05, 0.1) is 17.1 Å². The van der Waals surface area contributed by atoms with Crippen molar-refractivity contribution in [1.82, 2.24) is 10.1 Å². The summed E-state index contributed by atoms with van der Waals surface area (Å²) < 4.78 is 65.6. The number of anilines is 1. The summed E-state index contributed by atoms with van der Waals surface area (Å²) in [5.41, 5.74) is -0.388. The molecule has 0 fully saturated rings. The molecule has 0 radical (unpaired) electrons. The lowest BCUT2D eigenvalue weighted by molar-refractivity contribution is -0.167. The molecule has 0 aliphatic carbocycles. The Hall–Kier alpha value is -2.15. The van der Waals surface area contributed by atoms with E-state index in [1.807, 2.05) is 13.8 Å². The van der Waals surface area contributed by atoms with Crippen molar-refractivity contribution < 1.29 is 26.4 Å². The van der Waals surface area contributed by atoms with Crippen LogP contribution in [0.4, 0.5) is 18.9 Å². The number of rotatable bonds is 6. The van der Waals surface area contributed by atoms with Gasteiger partial charge in [-0.25, -0.2) is 5.12 Å². The first-order chi connectivity index (χ1) is 13.2. The number of carbonyl (C=O) groups excluding carboxylic acids is 1. The van der Waals surface area contributed by atoms with Gasteiger partial charge >= 0.3 is 12.1 Å². The molecule has 1 aliphatic heterocycles. The average molecular weight is 498 g/mol. The maximum atomic E-state index is 12.5. The lowest BCUT2D eigenvalue weighted by Gasteiger charge is -2.28. The third-order valence-electron chi connectivity index (χ3n) is 3.77. The monoisotopic (exact) mass is 497 g/mol. The maximum Gasteiger partial charge on any atom is 0.471 e. The normalized spacial score (nSPS) is 16.4. The van der Waals surface area contributed by atoms with E-state index in [1.54, 1.807) is 23.6 Å². The van der Waals surface area contributed by atoms with Crippen LogP contribution in [0.15, 0.2) is 37.1 Å². The highest BCUT2D eigenvalue weighted by atomic mass is 79.9. The van der Waals surface area contributed by atoms with Crippen molar-refractivity contribution in [2.24, 2.45) is 14.9 Å². The van der Waals surface area contributed by atoms with Crippen LogP contribution in [0.1, 0.15) is 20.8 Å². The van der Waals surface area contributed by atoms with Crippen LogP contribution in [-0.4, -0.2) is 56.3 Å². The second kappa shape index (κ2) is 8.30. The molecule has 160 valence electrons. The molecule has 0 bridgehead atoms. The standard InChI is InChI=1S/C16H19BrF3N5O3S/c1-4-24(25-9-15(2,3)8-21-25)10-22-29(27,28)11-5-6-13(12(17)7-11)23-14(26)16(18,19)20/h5-8,10H,4,9H2,1-3H3,(H,23,26). The Morgan fingerprint density at radius 3 is 2.59 bits per heavy atom. The molecule has 29 heavy (non-hydrogen) atoms. The summed E-state index contributed by atoms with van der Waals surface area (Å²) in [7, 11) is -4.14. The van der Waals surface area contributed by atoms with E-state index in [0.717, 1.165) is 24.5 Å². The van der Waals surface area contributed by atoms with Crippen molar-refractivity contribution in [3.63, 3.8) is 0 Å². The molecule has 0 unspecified atom stereocenters. The number of amides is 1. The number of benzene rings is 1. The molecule has 0 saturated carbocycles. The van der Waals surface area contributed by atoms with Crippen molar-refractivity contribution in [1.29, 1.82) is 0 Å². The molecular formula is C16H19BrF3N5O3S. The molecule has 1 N–H and O–H groups in total. The molecule has 13 heteroatoms. The fraction of sp³-hybridized carbons (Fsp3) is 0.438. The van der Waals surface area contributed by atoms with Gasteiger partial charge in [-0.3, -0.25) is 9.80 Å². The molecule has 0 atom stereocenters. The van der Waals surface area contributed by atoms with Crippen molar-refractivity contribution in [3.8, 4) is 0 Å². The van der Waals surface area contributed by atoms with Crippen molar-refractivity contribution in [2.75, 3.05) is 18.4 Å². The molecule has 1 amide bonds. The summed E-state index contributed by atoms with van der Waals surface area (Å²) in [5.74, 6) is -2.17. The second-order valence-corrected chi connectivity index (χ2v) is 9.30. The molecule has 8 nitrogen and oxygen atoms in total. The highest BCUT2D eigenvalue weighted by molar-refractivity contribution is 9.10. The fourth-order valence-corrected chi connectivity index (χ4v) is 3.75. The Bertz CT molecular complexity index is 948. The number of nitrogens with one attached hydrogen (secondary N) is 1. The van der Waals surface area contributed by atoms with E-state index in [9.17, 15) is 26.4 Å². The second-order valence-electron chi connectivity index (χ2n) is 6.81. The van der Waals surface area contributed by atoms with Crippen LogP contribution >= 0.6 is 15.9 Å². The Labute approximate surface area is 174 Å². The van der Waals surface area contributed by atoms with Crippen LogP contribution in [0.3, 0.4) is 0 Å². The van der Waals surface area contributed by atoms with Gasteiger partial charge in [-0.15, -0.1) is 4.40 Å². The summed E-state index contributed by atoms with van der Waals surface area (Å²) >= 11 is 2.96. The first-order valence-electron chi connectivity index (χ1n) is 8.32. The van der Waals surface area contributed by atoms with E-state index < -0.39 is 22.1 Å². The Kier molecular flexibility index (Phi) is 6.62. The number of sulfonamides is 1. The van der Waals surface area contributed by atoms with Gasteiger partial charge in [-0.1, -0.05) is 13.8 Å². The van der Waals surface area contributed by atoms with Crippen molar-refractivity contribution >= 4 is 50.1 Å². The van der Waals surface area contributed by atoms with Gasteiger partial charge in [0.1, 0.15) is 6.34 Å². The predicted octanol–water partition coefficient (Wildman–Crippen LogP) is 3.23. The van der Waals surface area contributed by atoms with Gasteiger partial charge < -0.3 is 5.32 Å². The summed E-state index contributed by atoms with van der Waals surface area (Å²) in [6.45, 7) is 6.72. The quantitative estimate of drug-likeness (QED) is 0.480. The Morgan fingerprint density at radius 1 is 1.45 bits per heavy atom. The minimum atomic E-state index is -5.06. The molecule has 0 aromatic heterocycles. The van der Waals surface area contributed by atoms with Crippen molar-refractivity contribution in [2.45, 2.75) is 31.8 Å². The van der Waals surface area contributed by atoms with E-state index in [0.29, 0.717) is 13.1 Å². The molecule has 1 heterocycles. The lowest BCUT2D eigenvalue weighted by Crippen LogP contribution is -2.39. The first-order valence-corrected chi connectivity index (χ1v) is 10.6. The number of carbonyl (C=O) groups is 1. The molecular weight excluding hydrogens is 479 g/mol. The van der Waals surface area contributed by atoms with E-state index in [4.69, 9.17) is 0 Å². The van der Waals surface area contributed by atoms with Gasteiger partial charge in [-0.2, -0.15) is 26.7 Å². The molecule has 1 aromatic rings. The minimum absolute atomic E-state index is 0.0374. The smallest absolute Gasteiger partial charge is 0.317 e. The van der Waals surface area contributed by atoms with Gasteiger partial charge in [-0.05, 0) is 41.1 Å². The van der Waals surface area contributed by atoms with Gasteiger partial charge in [0.15, 0.2) is 0 Å². The molecule has 2 rings (SSSR count). The maximum absolute atomic E-state index is 12.5. The van der Waals surface area contributed by atoms with Crippen LogP contribution in [0.2, 0.25) is 0 Å². The minimum Gasteiger partial charge on any atom is -0.317 e. The highest BCUT2D eigenvalue weighted by Gasteiger charge is 2.39. The fourth-order valence-electron chi connectivity index (χ4n) is 2.26. The summed E-state index contributed by atoms with van der Waals surface area (Å²) in [4.78, 5) is 10.8. The third-order valence-corrected chi connectivity index (χ3v) is 5.65. The molecule has 1 aromatic carbocycles. The SMILES string of the molecule is CCN(C=NS(=O)(=O)c1ccc(NC(=O)C(F)(F)F)c(Br)c1)N1CC(C)(C)C=N1. The number of alkyl halides is 3. The van der Waals surface area contributed by atoms with Gasteiger partial charge in [0.2, 0.25) is 0 Å². The Balaban J connectivity index is 2.18. The molecule has 0 saturated heterocycles. The zero-order valence-corrected chi connectivity index (χ0v) is 18.1. The van der Waals surface area contributed by atoms with Crippen LogP contribution in [0.25, 0.3) is 0 Å². The topological polar surface area (TPSA) is 94.4 Å². The van der Waals surface area contributed by atoms with Crippen molar-refractivity contribution in [3.05, 3.63) is 22.7 Å². The summed E-state index contributed by atoms with van der Waals surface area (Å²) in [5, 5.41) is 8.98. The number of halogens is 4. The average Bonchev–Trinajstić information content (AvgIpc) is 2.96. The van der Waals surface area contributed by atoms with Crippen LogP contribution in [-0.2, 0) is 14.8 Å². The number of hydrogen-bond donors (Lipinski definition) is 1. The third kappa shape index (κ3) is 5.92. The van der Waals surface area contributed by atoms with E-state index in [2.05, 4.69) is 25.4 Å². The number of hydrogen-bond acceptors (Lipinski definition) is 5. The van der Waals surface area contributed by atoms with Crippen LogP contribution in [0, 0.1) is 5.41 Å².